The Labute approximate surface area is 148 Å². The summed E-state index contributed by atoms with van der Waals surface area (Å²) in [6, 6.07) is 9.43. The lowest BCUT2D eigenvalue weighted by atomic mass is 9.99. The number of fused-ring (bicyclic) bond motifs is 1. The number of aliphatic carboxylic acids is 1. The third kappa shape index (κ3) is 2.88. The molecule has 1 amide bonds. The third-order valence-corrected chi connectivity index (χ3v) is 5.22. The van der Waals surface area contributed by atoms with Crippen LogP contribution >= 0.6 is 23.4 Å². The van der Waals surface area contributed by atoms with E-state index in [1.165, 1.54) is 16.7 Å². The number of β-lactam (4-membered cyclic amide) rings is 1. The molecule has 1 fully saturated rings. The highest BCUT2D eigenvalue weighted by molar-refractivity contribution is 8.01. The van der Waals surface area contributed by atoms with Crippen molar-refractivity contribution in [2.75, 3.05) is 5.88 Å². The first-order chi connectivity index (χ1) is 11.5. The van der Waals surface area contributed by atoms with Crippen molar-refractivity contribution >= 4 is 41.3 Å². The summed E-state index contributed by atoms with van der Waals surface area (Å²) < 4.78 is 0. The quantitative estimate of drug-likeness (QED) is 0.488. The first-order valence-corrected chi connectivity index (χ1v) is 8.73. The molecule has 1 aromatic carbocycles. The van der Waals surface area contributed by atoms with Crippen LogP contribution in [0.5, 0.6) is 0 Å². The van der Waals surface area contributed by atoms with E-state index in [1.807, 2.05) is 30.3 Å². The fraction of sp³-hybridized carbons (Fsp3) is 0.176. The van der Waals surface area contributed by atoms with Crippen LogP contribution in [0.1, 0.15) is 5.56 Å². The molecule has 124 valence electrons. The van der Waals surface area contributed by atoms with Gasteiger partial charge in [0.2, 0.25) is 0 Å². The van der Waals surface area contributed by atoms with Crippen molar-refractivity contribution in [1.29, 1.82) is 0 Å². The van der Waals surface area contributed by atoms with E-state index in [2.05, 4.69) is 0 Å². The zero-order valence-electron chi connectivity index (χ0n) is 12.6. The van der Waals surface area contributed by atoms with Crippen LogP contribution in [-0.4, -0.2) is 38.5 Å². The van der Waals surface area contributed by atoms with E-state index < -0.39 is 11.3 Å². The van der Waals surface area contributed by atoms with Gasteiger partial charge in [0.25, 0.3) is 5.91 Å². The fourth-order valence-corrected chi connectivity index (χ4v) is 4.04. The maximum atomic E-state index is 12.5. The van der Waals surface area contributed by atoms with E-state index in [1.54, 1.807) is 18.2 Å². The molecule has 2 aliphatic rings. The Morgan fingerprint density at radius 1 is 1.38 bits per heavy atom. The maximum absolute atomic E-state index is 12.5. The van der Waals surface area contributed by atoms with Crippen LogP contribution in [0.2, 0.25) is 0 Å². The summed E-state index contributed by atoms with van der Waals surface area (Å²) in [7, 11) is 0. The molecule has 0 aliphatic carbocycles. The van der Waals surface area contributed by atoms with Crippen molar-refractivity contribution in [3.05, 3.63) is 64.9 Å². The average molecular weight is 363 g/mol. The van der Waals surface area contributed by atoms with Gasteiger partial charge in [-0.3, -0.25) is 9.69 Å². The second-order valence-electron chi connectivity index (χ2n) is 5.26. The number of benzene rings is 1. The van der Waals surface area contributed by atoms with Crippen molar-refractivity contribution in [3.63, 3.8) is 0 Å². The molecular weight excluding hydrogens is 348 g/mol. The largest absolute Gasteiger partial charge is 0.477 e. The fourth-order valence-electron chi connectivity index (χ4n) is 2.70. The summed E-state index contributed by atoms with van der Waals surface area (Å²) in [5.41, 5.74) is 7.90. The number of alkyl halides is 1. The number of hydrogen-bond donors (Lipinski definition) is 2. The number of rotatable bonds is 4. The molecule has 2 heterocycles. The Kier molecular flexibility index (Phi) is 4.80. The summed E-state index contributed by atoms with van der Waals surface area (Å²) in [5, 5.41) is 8.62. The van der Waals surface area contributed by atoms with Crippen molar-refractivity contribution in [1.82, 2.24) is 4.90 Å². The lowest BCUT2D eigenvalue weighted by Gasteiger charge is -2.47. The molecular formula is C17H15ClN2O3S. The number of halogens is 1. The molecule has 0 bridgehead atoms. The lowest BCUT2D eigenvalue weighted by Crippen LogP contribution is -2.58. The number of carbonyl (C=O) groups excluding carboxylic acids is 1. The molecule has 0 aromatic heterocycles. The van der Waals surface area contributed by atoms with Gasteiger partial charge in [-0.2, -0.15) is 0 Å². The van der Waals surface area contributed by atoms with Gasteiger partial charge in [-0.05, 0) is 11.6 Å². The molecule has 2 aliphatic heterocycles. The highest BCUT2D eigenvalue weighted by Gasteiger charge is 2.51. The summed E-state index contributed by atoms with van der Waals surface area (Å²) in [6.07, 6.45) is 4.98. The van der Waals surface area contributed by atoms with Gasteiger partial charge in [-0.1, -0.05) is 42.5 Å². The Balaban J connectivity index is 1.99. The number of allylic oxidation sites excluding steroid dienone is 1. The second kappa shape index (κ2) is 6.84. The van der Waals surface area contributed by atoms with Crippen LogP contribution in [0.3, 0.4) is 0 Å². The number of nitrogens with two attached hydrogens (primary N) is 1. The van der Waals surface area contributed by atoms with Crippen molar-refractivity contribution in [3.8, 4) is 0 Å². The molecule has 1 saturated heterocycles. The van der Waals surface area contributed by atoms with E-state index >= 15 is 0 Å². The summed E-state index contributed by atoms with van der Waals surface area (Å²) in [6.45, 7) is 0. The SMILES string of the molecule is NC1S[C@@H]2C(=Cc3ccccc3)C(=O)N2C(C(=O)O)=C1C=CCCl. The highest BCUT2D eigenvalue weighted by atomic mass is 35.5. The number of carboxylic acid groups (broad SMARTS) is 1. The molecule has 5 nitrogen and oxygen atoms in total. The Morgan fingerprint density at radius 2 is 2.08 bits per heavy atom. The standard InChI is InChI=1S/C17H15ClN2O3S/c18-8-4-7-11-13(17(22)23)20-15(21)12(16(20)24-14(11)19)9-10-5-2-1-3-6-10/h1-7,9,14,16H,8,19H2,(H,22,23)/t14?,16-/m1/s1. The van der Waals surface area contributed by atoms with Gasteiger partial charge in [-0.25, -0.2) is 4.79 Å². The van der Waals surface area contributed by atoms with Crippen LogP contribution in [0.4, 0.5) is 0 Å². The van der Waals surface area contributed by atoms with Crippen LogP contribution in [0.25, 0.3) is 6.08 Å². The Hall–Kier alpha value is -2.02. The molecule has 0 spiro atoms. The van der Waals surface area contributed by atoms with E-state index in [4.69, 9.17) is 17.3 Å². The molecule has 2 atom stereocenters. The van der Waals surface area contributed by atoms with Gasteiger partial charge in [0.05, 0.1) is 10.9 Å². The molecule has 0 saturated carbocycles. The normalized spacial score (nSPS) is 25.2. The number of nitrogens with zero attached hydrogens (tertiary/aromatic N) is 1. The van der Waals surface area contributed by atoms with Gasteiger partial charge in [0.1, 0.15) is 11.1 Å². The van der Waals surface area contributed by atoms with Gasteiger partial charge in [0, 0.05) is 11.5 Å². The summed E-state index contributed by atoms with van der Waals surface area (Å²) in [5.74, 6) is -1.24. The first-order valence-electron chi connectivity index (χ1n) is 7.25. The number of carboxylic acids is 1. The second-order valence-corrected chi connectivity index (χ2v) is 6.80. The first kappa shape index (κ1) is 16.8. The van der Waals surface area contributed by atoms with Gasteiger partial charge < -0.3 is 10.8 Å². The van der Waals surface area contributed by atoms with E-state index in [-0.39, 0.29) is 22.9 Å². The highest BCUT2D eigenvalue weighted by Crippen LogP contribution is 2.46. The third-order valence-electron chi connectivity index (χ3n) is 3.77. The van der Waals surface area contributed by atoms with E-state index in [0.717, 1.165) is 5.56 Å². The van der Waals surface area contributed by atoms with Crippen molar-refractivity contribution in [2.24, 2.45) is 5.73 Å². The molecule has 3 N–H and O–H groups in total. The molecule has 1 unspecified atom stereocenters. The minimum Gasteiger partial charge on any atom is -0.477 e. The predicted octanol–water partition coefficient (Wildman–Crippen LogP) is 2.40. The monoisotopic (exact) mass is 362 g/mol. The minimum atomic E-state index is -1.17. The number of amides is 1. The maximum Gasteiger partial charge on any atom is 0.353 e. The average Bonchev–Trinajstić information content (AvgIpc) is 2.58. The van der Waals surface area contributed by atoms with E-state index in [9.17, 15) is 14.7 Å². The number of thioether (sulfide) groups is 1. The number of carbonyl (C=O) groups is 2. The van der Waals surface area contributed by atoms with Crippen molar-refractivity contribution < 1.29 is 14.7 Å². The molecule has 1 aromatic rings. The minimum absolute atomic E-state index is 0.0668. The lowest BCUT2D eigenvalue weighted by molar-refractivity contribution is -0.141. The Morgan fingerprint density at radius 3 is 2.71 bits per heavy atom. The summed E-state index contributed by atoms with van der Waals surface area (Å²) >= 11 is 6.97. The van der Waals surface area contributed by atoms with Gasteiger partial charge in [-0.15, -0.1) is 23.4 Å². The van der Waals surface area contributed by atoms with Crippen molar-refractivity contribution in [2.45, 2.75) is 10.7 Å². The zero-order chi connectivity index (χ0) is 17.3. The van der Waals surface area contributed by atoms with E-state index in [0.29, 0.717) is 11.1 Å². The molecule has 3 rings (SSSR count). The Bertz CT molecular complexity index is 773. The topological polar surface area (TPSA) is 83.6 Å². The van der Waals surface area contributed by atoms with Crippen LogP contribution < -0.4 is 5.73 Å². The molecule has 0 radical (unpaired) electrons. The zero-order valence-corrected chi connectivity index (χ0v) is 14.1. The number of hydrogen-bond acceptors (Lipinski definition) is 4. The van der Waals surface area contributed by atoms with Gasteiger partial charge in [0.15, 0.2) is 0 Å². The smallest absolute Gasteiger partial charge is 0.353 e. The molecule has 7 heteroatoms. The molecule has 24 heavy (non-hydrogen) atoms. The van der Waals surface area contributed by atoms with Crippen LogP contribution in [-0.2, 0) is 9.59 Å². The van der Waals surface area contributed by atoms with Crippen LogP contribution in [0, 0.1) is 0 Å². The van der Waals surface area contributed by atoms with Crippen LogP contribution in [0.15, 0.2) is 59.3 Å². The van der Waals surface area contributed by atoms with Gasteiger partial charge >= 0.3 is 5.97 Å². The summed E-state index contributed by atoms with van der Waals surface area (Å²) in [4.78, 5) is 25.5. The predicted molar refractivity (Wildman–Crippen MR) is 95.1 cm³/mol.